The maximum Gasteiger partial charge on any atom is 0.0448 e. The second-order valence-electron chi connectivity index (χ2n) is 4.61. The van der Waals surface area contributed by atoms with E-state index in [1.54, 1.807) is 0 Å². The normalized spacial score (nSPS) is 14.8. The molecule has 0 amide bonds. The van der Waals surface area contributed by atoms with Crippen molar-refractivity contribution in [2.45, 2.75) is 45.7 Å². The number of aromatic nitrogens is 1. The van der Waals surface area contributed by atoms with Gasteiger partial charge in [-0.25, -0.2) is 0 Å². The lowest BCUT2D eigenvalue weighted by molar-refractivity contribution is 0.214. The van der Waals surface area contributed by atoms with Crippen LogP contribution >= 0.6 is 0 Å². The highest BCUT2D eigenvalue weighted by molar-refractivity contribution is 5.16. The summed E-state index contributed by atoms with van der Waals surface area (Å²) in [5, 5.41) is 12.5. The highest BCUT2D eigenvalue weighted by Gasteiger charge is 2.20. The number of rotatable bonds is 6. The molecule has 0 saturated carbocycles. The van der Waals surface area contributed by atoms with Crippen molar-refractivity contribution in [3.8, 4) is 0 Å². The first-order valence-electron chi connectivity index (χ1n) is 5.86. The van der Waals surface area contributed by atoms with Crippen LogP contribution in [0.1, 0.15) is 37.8 Å². The summed E-state index contributed by atoms with van der Waals surface area (Å²) < 4.78 is 0. The zero-order valence-electron chi connectivity index (χ0n) is 10.5. The molecular formula is C13H22N2O. The number of nitrogens with zero attached hydrogens (tertiary/aromatic N) is 1. The summed E-state index contributed by atoms with van der Waals surface area (Å²) in [6.45, 7) is 7.36. The third-order valence-electron chi connectivity index (χ3n) is 3.09. The summed E-state index contributed by atoms with van der Waals surface area (Å²) in [4.78, 5) is 4.17. The van der Waals surface area contributed by atoms with E-state index < -0.39 is 0 Å². The molecule has 2 N–H and O–H groups in total. The van der Waals surface area contributed by atoms with E-state index in [-0.39, 0.29) is 12.1 Å². The molecular weight excluding hydrogens is 200 g/mol. The van der Waals surface area contributed by atoms with Gasteiger partial charge in [-0.15, -0.1) is 0 Å². The van der Waals surface area contributed by atoms with Crippen molar-refractivity contribution in [1.82, 2.24) is 10.3 Å². The monoisotopic (exact) mass is 222 g/mol. The Bertz CT molecular complexity index is 327. The zero-order valence-corrected chi connectivity index (χ0v) is 10.5. The highest BCUT2D eigenvalue weighted by Crippen LogP contribution is 2.14. The lowest BCUT2D eigenvalue weighted by atomic mass is 9.94. The van der Waals surface area contributed by atoms with Crippen LogP contribution in [0.4, 0.5) is 0 Å². The number of aryl methyl sites for hydroxylation is 1. The average molecular weight is 222 g/mol. The Hall–Kier alpha value is -0.930. The third kappa shape index (κ3) is 3.91. The number of aliphatic hydroxyl groups is 1. The van der Waals surface area contributed by atoms with Crippen LogP contribution in [0.15, 0.2) is 18.5 Å². The first-order chi connectivity index (χ1) is 7.59. The van der Waals surface area contributed by atoms with E-state index in [9.17, 15) is 0 Å². The molecule has 1 atom stereocenters. The van der Waals surface area contributed by atoms with E-state index in [0.29, 0.717) is 0 Å². The Morgan fingerprint density at radius 3 is 2.75 bits per heavy atom. The quantitative estimate of drug-likeness (QED) is 0.774. The van der Waals surface area contributed by atoms with Crippen LogP contribution in [0.3, 0.4) is 0 Å². The van der Waals surface area contributed by atoms with Gasteiger partial charge in [0.2, 0.25) is 0 Å². The maximum atomic E-state index is 9.02. The molecule has 1 aromatic heterocycles. The number of hydrogen-bond donors (Lipinski definition) is 2. The molecule has 0 fully saturated rings. The highest BCUT2D eigenvalue weighted by atomic mass is 16.3. The topological polar surface area (TPSA) is 45.1 Å². The smallest absolute Gasteiger partial charge is 0.0448 e. The van der Waals surface area contributed by atoms with Gasteiger partial charge in [0.25, 0.3) is 0 Å². The predicted molar refractivity (Wildman–Crippen MR) is 66.2 cm³/mol. The molecule has 0 radical (unpaired) electrons. The second kappa shape index (κ2) is 5.97. The van der Waals surface area contributed by atoms with Crippen LogP contribution in [0.25, 0.3) is 0 Å². The number of hydrogen-bond acceptors (Lipinski definition) is 3. The van der Waals surface area contributed by atoms with Crippen molar-refractivity contribution >= 4 is 0 Å². The molecule has 1 rings (SSSR count). The maximum absolute atomic E-state index is 9.02. The predicted octanol–water partition coefficient (Wildman–Crippen LogP) is 2.03. The fraction of sp³-hybridized carbons (Fsp3) is 0.615. The summed E-state index contributed by atoms with van der Waals surface area (Å²) >= 11 is 0. The average Bonchev–Trinajstić information content (AvgIpc) is 2.27. The van der Waals surface area contributed by atoms with Gasteiger partial charge >= 0.3 is 0 Å². The molecule has 1 heterocycles. The molecule has 0 saturated heterocycles. The van der Waals surface area contributed by atoms with Gasteiger partial charge in [-0.1, -0.05) is 13.0 Å². The Kier molecular flexibility index (Phi) is 4.90. The van der Waals surface area contributed by atoms with Crippen molar-refractivity contribution in [1.29, 1.82) is 0 Å². The van der Waals surface area contributed by atoms with E-state index in [1.807, 2.05) is 19.3 Å². The minimum absolute atomic E-state index is 0.0124. The standard InChI is InChI=1S/C13H22N2O/c1-4-13(3,5-6-16)15-10-12-7-11(2)8-14-9-12/h7-9,15-16H,4-6,10H2,1-3H3. The SMILES string of the molecule is CCC(C)(CCO)NCc1cncc(C)c1. The van der Waals surface area contributed by atoms with Crippen molar-refractivity contribution in [3.05, 3.63) is 29.6 Å². The van der Waals surface area contributed by atoms with Crippen LogP contribution in [0.5, 0.6) is 0 Å². The van der Waals surface area contributed by atoms with Crippen LogP contribution < -0.4 is 5.32 Å². The van der Waals surface area contributed by atoms with Crippen molar-refractivity contribution in [2.24, 2.45) is 0 Å². The van der Waals surface area contributed by atoms with Gasteiger partial charge in [-0.2, -0.15) is 0 Å². The number of pyridine rings is 1. The van der Waals surface area contributed by atoms with Gasteiger partial charge < -0.3 is 10.4 Å². The first-order valence-corrected chi connectivity index (χ1v) is 5.86. The van der Waals surface area contributed by atoms with Gasteiger partial charge in [0.05, 0.1) is 0 Å². The Morgan fingerprint density at radius 2 is 2.19 bits per heavy atom. The van der Waals surface area contributed by atoms with E-state index in [2.05, 4.69) is 30.2 Å². The van der Waals surface area contributed by atoms with Crippen molar-refractivity contribution in [3.63, 3.8) is 0 Å². The molecule has 0 aliphatic rings. The summed E-state index contributed by atoms with van der Waals surface area (Å²) in [6, 6.07) is 2.13. The second-order valence-corrected chi connectivity index (χ2v) is 4.61. The molecule has 0 bridgehead atoms. The van der Waals surface area contributed by atoms with Gasteiger partial charge in [0.1, 0.15) is 0 Å². The Morgan fingerprint density at radius 1 is 1.44 bits per heavy atom. The molecule has 90 valence electrons. The molecule has 3 heteroatoms. The zero-order chi connectivity index (χ0) is 12.0. The Balaban J connectivity index is 2.55. The van der Waals surface area contributed by atoms with E-state index in [1.165, 1.54) is 11.1 Å². The first kappa shape index (κ1) is 13.1. The molecule has 1 aromatic rings. The molecule has 1 unspecified atom stereocenters. The fourth-order valence-electron chi connectivity index (χ4n) is 1.67. The van der Waals surface area contributed by atoms with Crippen LogP contribution in [-0.4, -0.2) is 22.2 Å². The van der Waals surface area contributed by atoms with Crippen LogP contribution in [0.2, 0.25) is 0 Å². The van der Waals surface area contributed by atoms with E-state index >= 15 is 0 Å². The van der Waals surface area contributed by atoms with Crippen molar-refractivity contribution < 1.29 is 5.11 Å². The molecule has 0 aromatic carbocycles. The molecule has 3 nitrogen and oxygen atoms in total. The minimum Gasteiger partial charge on any atom is -0.396 e. The summed E-state index contributed by atoms with van der Waals surface area (Å²) in [5.41, 5.74) is 2.38. The van der Waals surface area contributed by atoms with Gasteiger partial charge in [-0.3, -0.25) is 4.98 Å². The molecule has 16 heavy (non-hydrogen) atoms. The fourth-order valence-corrected chi connectivity index (χ4v) is 1.67. The third-order valence-corrected chi connectivity index (χ3v) is 3.09. The molecule has 0 aliphatic carbocycles. The summed E-state index contributed by atoms with van der Waals surface area (Å²) in [6.07, 6.45) is 5.53. The molecule has 0 aliphatic heterocycles. The van der Waals surface area contributed by atoms with E-state index in [4.69, 9.17) is 5.11 Å². The largest absolute Gasteiger partial charge is 0.396 e. The van der Waals surface area contributed by atoms with Gasteiger partial charge in [0.15, 0.2) is 0 Å². The minimum atomic E-state index is 0.0124. The molecule has 0 spiro atoms. The summed E-state index contributed by atoms with van der Waals surface area (Å²) in [5.74, 6) is 0. The number of aliphatic hydroxyl groups excluding tert-OH is 1. The van der Waals surface area contributed by atoms with Crippen LogP contribution in [-0.2, 0) is 6.54 Å². The Labute approximate surface area is 97.9 Å². The van der Waals surface area contributed by atoms with Crippen LogP contribution in [0, 0.1) is 6.92 Å². The van der Waals surface area contributed by atoms with E-state index in [0.717, 1.165) is 19.4 Å². The van der Waals surface area contributed by atoms with Gasteiger partial charge in [0, 0.05) is 31.1 Å². The lowest BCUT2D eigenvalue weighted by Crippen LogP contribution is -2.42. The number of nitrogens with one attached hydrogen (secondary N) is 1. The van der Waals surface area contributed by atoms with Crippen molar-refractivity contribution in [2.75, 3.05) is 6.61 Å². The van der Waals surface area contributed by atoms with Gasteiger partial charge in [-0.05, 0) is 37.8 Å². The summed E-state index contributed by atoms with van der Waals surface area (Å²) in [7, 11) is 0. The lowest BCUT2D eigenvalue weighted by Gasteiger charge is -2.29.